The fraction of sp³-hybridized carbons (Fsp3) is 0.833. The van der Waals surface area contributed by atoms with Crippen LogP contribution in [0.5, 0.6) is 0 Å². The Balaban J connectivity index is 2.33. The van der Waals surface area contributed by atoms with Gasteiger partial charge in [-0.1, -0.05) is 31.9 Å². The van der Waals surface area contributed by atoms with Crippen LogP contribution in [-0.4, -0.2) is 21.4 Å². The monoisotopic (exact) mass is 196 g/mol. The van der Waals surface area contributed by atoms with Crippen LogP contribution in [0.25, 0.3) is 0 Å². The summed E-state index contributed by atoms with van der Waals surface area (Å²) in [4.78, 5) is 0. The molecule has 0 unspecified atom stereocenters. The first-order valence-corrected chi connectivity index (χ1v) is 5.74. The highest BCUT2D eigenvalue weighted by molar-refractivity contribution is 5.17. The summed E-state index contributed by atoms with van der Waals surface area (Å²) in [7, 11) is 0. The molecule has 0 aromatic carbocycles. The molecule has 0 radical (unpaired) electrons. The van der Waals surface area contributed by atoms with Crippen molar-refractivity contribution in [2.24, 2.45) is 5.92 Å². The maximum atomic E-state index is 10.6. The summed E-state index contributed by atoms with van der Waals surface area (Å²) < 4.78 is 0. The van der Waals surface area contributed by atoms with Crippen LogP contribution >= 0.6 is 0 Å². The summed E-state index contributed by atoms with van der Waals surface area (Å²) in [5.41, 5.74) is -1.70. The summed E-state index contributed by atoms with van der Waals surface area (Å²) in [6.45, 7) is 2.08. The Morgan fingerprint density at radius 1 is 1.29 bits per heavy atom. The topological polar surface area (TPSA) is 40.5 Å². The maximum Gasteiger partial charge on any atom is 0.0998 e. The van der Waals surface area contributed by atoms with Crippen LogP contribution in [0.15, 0.2) is 12.2 Å². The molecule has 2 aliphatic carbocycles. The first-order chi connectivity index (χ1) is 6.62. The maximum absolute atomic E-state index is 10.6. The van der Waals surface area contributed by atoms with Crippen molar-refractivity contribution < 1.29 is 10.2 Å². The lowest BCUT2D eigenvalue weighted by Crippen LogP contribution is -2.61. The molecule has 0 bridgehead atoms. The number of rotatable bonds is 1. The Morgan fingerprint density at radius 2 is 2.00 bits per heavy atom. The largest absolute Gasteiger partial charge is 0.387 e. The van der Waals surface area contributed by atoms with Crippen molar-refractivity contribution in [2.75, 3.05) is 0 Å². The first kappa shape index (κ1) is 10.2. The highest BCUT2D eigenvalue weighted by atomic mass is 16.4. The number of fused-ring (bicyclic) bond motifs is 1. The van der Waals surface area contributed by atoms with E-state index in [2.05, 4.69) is 13.0 Å². The smallest absolute Gasteiger partial charge is 0.0998 e. The molecule has 2 N–H and O–H groups in total. The normalized spacial score (nSPS) is 47.5. The van der Waals surface area contributed by atoms with Gasteiger partial charge >= 0.3 is 0 Å². The molecule has 0 aliphatic heterocycles. The summed E-state index contributed by atoms with van der Waals surface area (Å²) in [5.74, 6) is 0.140. The molecule has 0 spiro atoms. The van der Waals surface area contributed by atoms with Gasteiger partial charge in [0.2, 0.25) is 0 Å². The van der Waals surface area contributed by atoms with Gasteiger partial charge in [-0.05, 0) is 25.7 Å². The highest BCUT2D eigenvalue weighted by Crippen LogP contribution is 2.48. The van der Waals surface area contributed by atoms with Gasteiger partial charge in [-0.3, -0.25) is 0 Å². The highest BCUT2D eigenvalue weighted by Gasteiger charge is 2.54. The fourth-order valence-corrected chi connectivity index (χ4v) is 3.13. The second-order valence-corrected chi connectivity index (χ2v) is 4.81. The Kier molecular flexibility index (Phi) is 2.44. The third-order valence-corrected chi connectivity index (χ3v) is 4.08. The zero-order valence-corrected chi connectivity index (χ0v) is 8.87. The predicted molar refractivity (Wildman–Crippen MR) is 55.9 cm³/mol. The van der Waals surface area contributed by atoms with Crippen LogP contribution in [0.4, 0.5) is 0 Å². The van der Waals surface area contributed by atoms with E-state index in [-0.39, 0.29) is 5.92 Å². The minimum absolute atomic E-state index is 0.140. The SMILES string of the molecule is CC[C@@H]1C=CC[C@@]2(O)CCCC[C@@]12O. The van der Waals surface area contributed by atoms with Crippen LogP contribution in [0.2, 0.25) is 0 Å². The van der Waals surface area contributed by atoms with Gasteiger partial charge in [-0.25, -0.2) is 0 Å². The number of hydrogen-bond donors (Lipinski definition) is 2. The molecule has 3 atom stereocenters. The van der Waals surface area contributed by atoms with Gasteiger partial charge in [-0.2, -0.15) is 0 Å². The van der Waals surface area contributed by atoms with Crippen LogP contribution in [-0.2, 0) is 0 Å². The second kappa shape index (κ2) is 3.35. The minimum Gasteiger partial charge on any atom is -0.387 e. The predicted octanol–water partition coefficient (Wildman–Crippen LogP) is 2.01. The van der Waals surface area contributed by atoms with E-state index in [0.717, 1.165) is 32.1 Å². The van der Waals surface area contributed by atoms with Crippen molar-refractivity contribution in [3.63, 3.8) is 0 Å². The zero-order chi connectivity index (χ0) is 10.2. The van der Waals surface area contributed by atoms with E-state index in [1.54, 1.807) is 0 Å². The molecule has 0 amide bonds. The fourth-order valence-electron chi connectivity index (χ4n) is 3.13. The number of hydrogen-bond acceptors (Lipinski definition) is 2. The minimum atomic E-state index is -0.852. The molecule has 1 saturated carbocycles. The Hall–Kier alpha value is -0.340. The molecule has 0 saturated heterocycles. The van der Waals surface area contributed by atoms with E-state index in [0.29, 0.717) is 6.42 Å². The molecule has 0 aromatic rings. The van der Waals surface area contributed by atoms with Gasteiger partial charge in [-0.15, -0.1) is 0 Å². The van der Waals surface area contributed by atoms with Crippen LogP contribution < -0.4 is 0 Å². The Labute approximate surface area is 85.6 Å². The molecular weight excluding hydrogens is 176 g/mol. The lowest BCUT2D eigenvalue weighted by atomic mass is 9.61. The molecular formula is C12H20O2. The molecule has 2 heteroatoms. The molecule has 0 aromatic heterocycles. The van der Waals surface area contributed by atoms with Gasteiger partial charge in [0.05, 0.1) is 11.2 Å². The first-order valence-electron chi connectivity index (χ1n) is 5.74. The van der Waals surface area contributed by atoms with E-state index in [4.69, 9.17) is 0 Å². The Morgan fingerprint density at radius 3 is 2.71 bits per heavy atom. The van der Waals surface area contributed by atoms with E-state index >= 15 is 0 Å². The molecule has 14 heavy (non-hydrogen) atoms. The van der Waals surface area contributed by atoms with Gasteiger partial charge < -0.3 is 10.2 Å². The average Bonchev–Trinajstić information content (AvgIpc) is 2.17. The van der Waals surface area contributed by atoms with Gasteiger partial charge in [0.1, 0.15) is 0 Å². The van der Waals surface area contributed by atoms with E-state index in [9.17, 15) is 10.2 Å². The molecule has 2 aliphatic rings. The van der Waals surface area contributed by atoms with Crippen molar-refractivity contribution in [2.45, 2.75) is 56.7 Å². The standard InChI is InChI=1S/C12H20O2/c1-2-10-6-5-8-11(13)7-3-4-9-12(10,11)14/h5-6,10,13-14H,2-4,7-9H2,1H3/t10-,11+,12-/m1/s1. The third kappa shape index (κ3) is 1.24. The van der Waals surface area contributed by atoms with Crippen molar-refractivity contribution in [1.29, 1.82) is 0 Å². The zero-order valence-electron chi connectivity index (χ0n) is 8.87. The quantitative estimate of drug-likeness (QED) is 0.630. The van der Waals surface area contributed by atoms with Crippen molar-refractivity contribution in [1.82, 2.24) is 0 Å². The van der Waals surface area contributed by atoms with Crippen LogP contribution in [0.1, 0.15) is 45.4 Å². The molecule has 80 valence electrons. The average molecular weight is 196 g/mol. The van der Waals surface area contributed by atoms with E-state index in [1.165, 1.54) is 0 Å². The second-order valence-electron chi connectivity index (χ2n) is 4.81. The molecule has 1 fully saturated rings. The molecule has 0 heterocycles. The summed E-state index contributed by atoms with van der Waals surface area (Å²) in [6, 6.07) is 0. The van der Waals surface area contributed by atoms with E-state index in [1.807, 2.05) is 6.08 Å². The summed E-state index contributed by atoms with van der Waals surface area (Å²) in [5, 5.41) is 21.1. The van der Waals surface area contributed by atoms with Gasteiger partial charge in [0, 0.05) is 5.92 Å². The third-order valence-electron chi connectivity index (χ3n) is 4.08. The van der Waals surface area contributed by atoms with Crippen LogP contribution in [0.3, 0.4) is 0 Å². The Bertz CT molecular complexity index is 249. The molecule has 2 nitrogen and oxygen atoms in total. The van der Waals surface area contributed by atoms with Crippen molar-refractivity contribution in [3.8, 4) is 0 Å². The van der Waals surface area contributed by atoms with E-state index < -0.39 is 11.2 Å². The summed E-state index contributed by atoms with van der Waals surface area (Å²) >= 11 is 0. The lowest BCUT2D eigenvalue weighted by molar-refractivity contribution is -0.198. The van der Waals surface area contributed by atoms with Gasteiger partial charge in [0.25, 0.3) is 0 Å². The molecule has 2 rings (SSSR count). The lowest BCUT2D eigenvalue weighted by Gasteiger charge is -2.52. The van der Waals surface area contributed by atoms with Crippen LogP contribution in [0, 0.1) is 5.92 Å². The van der Waals surface area contributed by atoms with Gasteiger partial charge in [0.15, 0.2) is 0 Å². The van der Waals surface area contributed by atoms with Crippen molar-refractivity contribution >= 4 is 0 Å². The summed E-state index contributed by atoms with van der Waals surface area (Å²) in [6.07, 6.45) is 9.26. The van der Waals surface area contributed by atoms with Crippen molar-refractivity contribution in [3.05, 3.63) is 12.2 Å². The number of aliphatic hydroxyl groups is 2.